The maximum Gasteiger partial charge on any atom is 0.223 e. The zero-order valence-corrected chi connectivity index (χ0v) is 15.8. The zero-order chi connectivity index (χ0) is 18.5. The Kier molecular flexibility index (Phi) is 5.78. The molecule has 0 bridgehead atoms. The van der Waals surface area contributed by atoms with Crippen LogP contribution in [0.1, 0.15) is 44.1 Å². The van der Waals surface area contributed by atoms with Gasteiger partial charge in [0.25, 0.3) is 0 Å². The van der Waals surface area contributed by atoms with Gasteiger partial charge in [-0.3, -0.25) is 9.69 Å². The topological polar surface area (TPSA) is 58.1 Å². The van der Waals surface area contributed by atoms with E-state index in [9.17, 15) is 4.79 Å². The number of hydrogen-bond donors (Lipinski definition) is 1. The van der Waals surface area contributed by atoms with Crippen molar-refractivity contribution in [1.29, 1.82) is 0 Å². The zero-order valence-electron chi connectivity index (χ0n) is 15.8. The molecule has 2 heterocycles. The maximum atomic E-state index is 12.4. The number of nitrogens with one attached hydrogen (secondary N) is 1. The van der Waals surface area contributed by atoms with Crippen molar-refractivity contribution in [1.82, 2.24) is 20.2 Å². The fraction of sp³-hybridized carbons (Fsp3) is 0.500. The highest BCUT2D eigenvalue weighted by Gasteiger charge is 2.27. The molecule has 1 aliphatic carbocycles. The van der Waals surface area contributed by atoms with Crippen molar-refractivity contribution >= 4 is 5.91 Å². The van der Waals surface area contributed by atoms with Gasteiger partial charge in [0.1, 0.15) is 6.33 Å². The first kappa shape index (κ1) is 18.1. The fourth-order valence-electron chi connectivity index (χ4n) is 4.33. The minimum atomic E-state index is 0.259. The van der Waals surface area contributed by atoms with Crippen molar-refractivity contribution in [3.05, 3.63) is 48.5 Å². The minimum absolute atomic E-state index is 0.259. The van der Waals surface area contributed by atoms with Gasteiger partial charge in [0, 0.05) is 43.0 Å². The van der Waals surface area contributed by atoms with E-state index >= 15 is 0 Å². The Labute approximate surface area is 161 Å². The third kappa shape index (κ3) is 4.72. The Hall–Kier alpha value is -2.27. The highest BCUT2D eigenvalue weighted by molar-refractivity contribution is 5.79. The molecule has 1 atom stereocenters. The summed E-state index contributed by atoms with van der Waals surface area (Å²) in [4.78, 5) is 23.0. The summed E-state index contributed by atoms with van der Waals surface area (Å²) in [6, 6.07) is 8.94. The van der Waals surface area contributed by atoms with Gasteiger partial charge in [-0.15, -0.1) is 0 Å². The van der Waals surface area contributed by atoms with Gasteiger partial charge in [0.05, 0.1) is 0 Å². The first-order valence-electron chi connectivity index (χ1n) is 10.1. The van der Waals surface area contributed by atoms with E-state index < -0.39 is 0 Å². The van der Waals surface area contributed by atoms with Crippen molar-refractivity contribution in [2.24, 2.45) is 5.92 Å². The third-order valence-electron chi connectivity index (χ3n) is 5.83. The smallest absolute Gasteiger partial charge is 0.223 e. The van der Waals surface area contributed by atoms with E-state index in [0.29, 0.717) is 6.04 Å². The van der Waals surface area contributed by atoms with E-state index in [0.717, 1.165) is 56.4 Å². The van der Waals surface area contributed by atoms with Gasteiger partial charge in [-0.2, -0.15) is 0 Å². The molecule has 5 nitrogen and oxygen atoms in total. The summed E-state index contributed by atoms with van der Waals surface area (Å²) in [6.45, 7) is 2.98. The molecule has 1 aliphatic heterocycles. The molecule has 2 fully saturated rings. The number of nitrogens with zero attached hydrogens (tertiary/aromatic N) is 3. The van der Waals surface area contributed by atoms with Crippen molar-refractivity contribution in [3.63, 3.8) is 0 Å². The summed E-state index contributed by atoms with van der Waals surface area (Å²) in [5, 5.41) is 3.31. The lowest BCUT2D eigenvalue weighted by atomic mass is 10.0. The number of carbonyl (C=O) groups excluding carboxylic acids is 1. The van der Waals surface area contributed by atoms with Crippen molar-refractivity contribution in [2.45, 2.75) is 51.1 Å². The van der Waals surface area contributed by atoms with E-state index in [2.05, 4.69) is 44.5 Å². The molecule has 1 saturated carbocycles. The molecule has 27 heavy (non-hydrogen) atoms. The predicted octanol–water partition coefficient (Wildman–Crippen LogP) is 3.41. The van der Waals surface area contributed by atoms with Gasteiger partial charge in [-0.25, -0.2) is 9.97 Å². The van der Waals surface area contributed by atoms with Crippen molar-refractivity contribution in [2.75, 3.05) is 13.1 Å². The Morgan fingerprint density at radius 3 is 2.48 bits per heavy atom. The van der Waals surface area contributed by atoms with Crippen LogP contribution >= 0.6 is 0 Å². The number of rotatable bonds is 5. The second-order valence-corrected chi connectivity index (χ2v) is 7.89. The molecule has 1 saturated heterocycles. The molecule has 0 radical (unpaired) electrons. The number of likely N-dealkylation sites (tertiary alicyclic amines) is 1. The van der Waals surface area contributed by atoms with E-state index in [4.69, 9.17) is 0 Å². The van der Waals surface area contributed by atoms with Crippen LogP contribution in [0.5, 0.6) is 0 Å². The SMILES string of the molecule is O=C(NC1CCCN(Cc2ccc(-c3cncnc3)cc2)C1)C1CCCC1. The second-order valence-electron chi connectivity index (χ2n) is 7.89. The van der Waals surface area contributed by atoms with Gasteiger partial charge in [0.15, 0.2) is 0 Å². The number of amides is 1. The third-order valence-corrected chi connectivity index (χ3v) is 5.83. The number of carbonyl (C=O) groups is 1. The molecule has 1 aromatic carbocycles. The summed E-state index contributed by atoms with van der Waals surface area (Å²) in [5.74, 6) is 0.545. The number of aromatic nitrogens is 2. The van der Waals surface area contributed by atoms with Gasteiger partial charge in [-0.1, -0.05) is 37.1 Å². The summed E-state index contributed by atoms with van der Waals surface area (Å²) in [7, 11) is 0. The first-order chi connectivity index (χ1) is 13.3. The lowest BCUT2D eigenvalue weighted by molar-refractivity contribution is -0.125. The molecular formula is C22H28N4O. The minimum Gasteiger partial charge on any atom is -0.352 e. The van der Waals surface area contributed by atoms with E-state index in [1.165, 1.54) is 18.4 Å². The molecule has 1 N–H and O–H groups in total. The monoisotopic (exact) mass is 364 g/mol. The van der Waals surface area contributed by atoms with Gasteiger partial charge >= 0.3 is 0 Å². The Morgan fingerprint density at radius 1 is 1.00 bits per heavy atom. The lowest BCUT2D eigenvalue weighted by Crippen LogP contribution is -2.48. The summed E-state index contributed by atoms with van der Waals surface area (Å²) in [6.07, 6.45) is 12.0. The van der Waals surface area contributed by atoms with Crippen LogP contribution in [0.3, 0.4) is 0 Å². The van der Waals surface area contributed by atoms with Crippen LogP contribution in [-0.2, 0) is 11.3 Å². The van der Waals surface area contributed by atoms with Gasteiger partial charge in [0.2, 0.25) is 5.91 Å². The molecule has 142 valence electrons. The Bertz CT molecular complexity index is 741. The average molecular weight is 364 g/mol. The molecular weight excluding hydrogens is 336 g/mol. The summed E-state index contributed by atoms with van der Waals surface area (Å²) in [5.41, 5.74) is 3.48. The average Bonchev–Trinajstić information content (AvgIpc) is 3.25. The molecule has 1 aromatic heterocycles. The van der Waals surface area contributed by atoms with Gasteiger partial charge in [-0.05, 0) is 43.4 Å². The number of benzene rings is 1. The molecule has 1 amide bonds. The number of hydrogen-bond acceptors (Lipinski definition) is 4. The van der Waals surface area contributed by atoms with Crippen LogP contribution in [0.4, 0.5) is 0 Å². The van der Waals surface area contributed by atoms with Crippen molar-refractivity contribution < 1.29 is 4.79 Å². The molecule has 1 unspecified atom stereocenters. The first-order valence-corrected chi connectivity index (χ1v) is 10.1. The summed E-state index contributed by atoms with van der Waals surface area (Å²) < 4.78 is 0. The van der Waals surface area contributed by atoms with Gasteiger partial charge < -0.3 is 5.32 Å². The largest absolute Gasteiger partial charge is 0.352 e. The van der Waals surface area contributed by atoms with E-state index in [1.54, 1.807) is 6.33 Å². The van der Waals surface area contributed by atoms with Crippen molar-refractivity contribution in [3.8, 4) is 11.1 Å². The lowest BCUT2D eigenvalue weighted by Gasteiger charge is -2.33. The predicted molar refractivity (Wildman–Crippen MR) is 106 cm³/mol. The standard InChI is InChI=1S/C22H28N4O/c27-22(19-4-1-2-5-19)25-21-6-3-11-26(15-21)14-17-7-9-18(10-8-17)20-12-23-16-24-13-20/h7-10,12-13,16,19,21H,1-6,11,14-15H2,(H,25,27). The van der Waals surface area contributed by atoms with Crippen LogP contribution in [-0.4, -0.2) is 39.9 Å². The molecule has 2 aromatic rings. The van der Waals surface area contributed by atoms with Crippen LogP contribution < -0.4 is 5.32 Å². The quantitative estimate of drug-likeness (QED) is 0.883. The van der Waals surface area contributed by atoms with Crippen LogP contribution in [0.15, 0.2) is 43.0 Å². The molecule has 4 rings (SSSR count). The fourth-order valence-corrected chi connectivity index (χ4v) is 4.33. The highest BCUT2D eigenvalue weighted by atomic mass is 16.1. The second kappa shape index (κ2) is 8.61. The molecule has 0 spiro atoms. The normalized spacial score (nSPS) is 21.3. The molecule has 2 aliphatic rings. The molecule has 5 heteroatoms. The highest BCUT2D eigenvalue weighted by Crippen LogP contribution is 2.25. The maximum absolute atomic E-state index is 12.4. The Balaban J connectivity index is 1.31. The van der Waals surface area contributed by atoms with Crippen LogP contribution in [0, 0.1) is 5.92 Å². The van der Waals surface area contributed by atoms with Crippen LogP contribution in [0.2, 0.25) is 0 Å². The number of piperidine rings is 1. The van der Waals surface area contributed by atoms with E-state index in [1.807, 2.05) is 12.4 Å². The van der Waals surface area contributed by atoms with E-state index in [-0.39, 0.29) is 11.8 Å². The van der Waals surface area contributed by atoms with Crippen LogP contribution in [0.25, 0.3) is 11.1 Å². The Morgan fingerprint density at radius 2 is 1.74 bits per heavy atom. The summed E-state index contributed by atoms with van der Waals surface area (Å²) >= 11 is 0.